The van der Waals surface area contributed by atoms with Crippen LogP contribution in [0.5, 0.6) is 0 Å². The van der Waals surface area contributed by atoms with E-state index in [2.05, 4.69) is 186 Å². The van der Waals surface area contributed by atoms with Gasteiger partial charge in [0.15, 0.2) is 0 Å². The van der Waals surface area contributed by atoms with Crippen LogP contribution in [0.15, 0.2) is 211 Å². The fourth-order valence-corrected chi connectivity index (χ4v) is 10.3. The molecule has 12 rings (SSSR count). The van der Waals surface area contributed by atoms with Crippen LogP contribution in [0, 0.1) is 0 Å². The molecule has 60 heavy (non-hydrogen) atoms. The first-order valence-electron chi connectivity index (χ1n) is 20.3. The van der Waals surface area contributed by atoms with E-state index in [1.54, 1.807) is 0 Å². The van der Waals surface area contributed by atoms with Crippen molar-refractivity contribution in [1.82, 2.24) is 0 Å². The number of hydrogen-bond acceptors (Lipinski definition) is 2. The quantitative estimate of drug-likeness (QED) is 0.106. The standard InChI is InChI=1S/C28H19BO2.C28H17Br/c30-29(31)28-24-15-7-5-13-22(24)27(23-14-6-8-16-25(23)28)26-17-18-9-1-2-10-19(18)20-11-3-4-12-21(20)26;29-28-24-15-7-5-13-22(24)27(23-14-6-8-16-25(23)28)26-17-18-9-1-2-10-19(18)20-11-3-4-12-21(20)26/h1-17,30-31H;1-17H. The summed E-state index contributed by atoms with van der Waals surface area (Å²) in [6.07, 6.45) is 0. The van der Waals surface area contributed by atoms with Gasteiger partial charge in [0.1, 0.15) is 0 Å². The van der Waals surface area contributed by atoms with Gasteiger partial charge in [-0.2, -0.15) is 0 Å². The third-order valence-corrected chi connectivity index (χ3v) is 13.0. The van der Waals surface area contributed by atoms with Gasteiger partial charge in [-0.1, -0.05) is 194 Å². The van der Waals surface area contributed by atoms with E-state index in [-0.39, 0.29) is 0 Å². The summed E-state index contributed by atoms with van der Waals surface area (Å²) in [4.78, 5) is 0. The van der Waals surface area contributed by atoms with Gasteiger partial charge >= 0.3 is 7.12 Å². The lowest BCUT2D eigenvalue weighted by molar-refractivity contribution is 0.426. The van der Waals surface area contributed by atoms with Crippen molar-refractivity contribution in [2.24, 2.45) is 0 Å². The average molecular weight is 832 g/mol. The summed E-state index contributed by atoms with van der Waals surface area (Å²) in [6.45, 7) is 0. The second kappa shape index (κ2) is 14.8. The van der Waals surface area contributed by atoms with E-state index in [4.69, 9.17) is 0 Å². The summed E-state index contributed by atoms with van der Waals surface area (Å²) in [5.74, 6) is 0. The van der Waals surface area contributed by atoms with Crippen LogP contribution in [0.25, 0.3) is 108 Å². The van der Waals surface area contributed by atoms with E-state index in [0.29, 0.717) is 5.46 Å². The van der Waals surface area contributed by atoms with Crippen LogP contribution in [-0.4, -0.2) is 17.2 Å². The largest absolute Gasteiger partial charge is 0.489 e. The van der Waals surface area contributed by atoms with E-state index >= 15 is 0 Å². The second-order valence-corrected chi connectivity index (χ2v) is 16.2. The highest BCUT2D eigenvalue weighted by molar-refractivity contribution is 9.10. The molecule has 2 nitrogen and oxygen atoms in total. The molecular formula is C56H36BBrO2. The number of fused-ring (bicyclic) bond motifs is 10. The third-order valence-electron chi connectivity index (χ3n) is 12.2. The van der Waals surface area contributed by atoms with E-state index in [1.165, 1.54) is 75.8 Å². The smallest absolute Gasteiger partial charge is 0.423 e. The first kappa shape index (κ1) is 36.3. The predicted octanol–water partition coefficient (Wildman–Crippen LogP) is 14.4. The van der Waals surface area contributed by atoms with Crippen molar-refractivity contribution in [3.8, 4) is 22.3 Å². The van der Waals surface area contributed by atoms with E-state index in [9.17, 15) is 10.0 Å². The van der Waals surface area contributed by atoms with Crippen molar-refractivity contribution < 1.29 is 10.0 Å². The summed E-state index contributed by atoms with van der Waals surface area (Å²) in [5, 5.41) is 39.3. The van der Waals surface area contributed by atoms with Crippen molar-refractivity contribution in [3.63, 3.8) is 0 Å². The van der Waals surface area contributed by atoms with Crippen molar-refractivity contribution >= 4 is 115 Å². The Hall–Kier alpha value is -6.82. The molecule has 2 N–H and O–H groups in total. The molecule has 0 heterocycles. The average Bonchev–Trinajstić information content (AvgIpc) is 3.31. The van der Waals surface area contributed by atoms with Crippen LogP contribution in [0.3, 0.4) is 0 Å². The minimum absolute atomic E-state index is 0.556. The predicted molar refractivity (Wildman–Crippen MR) is 261 cm³/mol. The van der Waals surface area contributed by atoms with Gasteiger partial charge in [0, 0.05) is 4.47 Å². The van der Waals surface area contributed by atoms with Crippen LogP contribution in [-0.2, 0) is 0 Å². The topological polar surface area (TPSA) is 40.5 Å². The third kappa shape index (κ3) is 5.79. The highest BCUT2D eigenvalue weighted by Gasteiger charge is 2.23. The molecule has 0 aliphatic rings. The molecule has 0 bridgehead atoms. The van der Waals surface area contributed by atoms with Crippen molar-refractivity contribution in [3.05, 3.63) is 211 Å². The first-order chi connectivity index (χ1) is 29.6. The molecule has 12 aromatic carbocycles. The first-order valence-corrected chi connectivity index (χ1v) is 21.1. The van der Waals surface area contributed by atoms with Gasteiger partial charge in [0.05, 0.1) is 0 Å². The highest BCUT2D eigenvalue weighted by Crippen LogP contribution is 2.45. The van der Waals surface area contributed by atoms with E-state index < -0.39 is 7.12 Å². The zero-order valence-electron chi connectivity index (χ0n) is 32.5. The van der Waals surface area contributed by atoms with Gasteiger partial charge in [-0.3, -0.25) is 0 Å². The molecular weight excluding hydrogens is 795 g/mol. The summed E-state index contributed by atoms with van der Waals surface area (Å²) in [5.41, 5.74) is 5.43. The summed E-state index contributed by atoms with van der Waals surface area (Å²) in [7, 11) is -1.54. The Morgan fingerprint density at radius 1 is 0.283 bits per heavy atom. The molecule has 0 amide bonds. The van der Waals surface area contributed by atoms with Crippen molar-refractivity contribution in [2.45, 2.75) is 0 Å². The van der Waals surface area contributed by atoms with Gasteiger partial charge < -0.3 is 10.0 Å². The number of benzene rings is 12. The number of rotatable bonds is 3. The molecule has 282 valence electrons. The Morgan fingerprint density at radius 2 is 0.550 bits per heavy atom. The fraction of sp³-hybridized carbons (Fsp3) is 0. The van der Waals surface area contributed by atoms with Gasteiger partial charge in [0.2, 0.25) is 0 Å². The van der Waals surface area contributed by atoms with Crippen molar-refractivity contribution in [2.75, 3.05) is 0 Å². The fourth-order valence-electron chi connectivity index (χ4n) is 9.62. The number of halogens is 1. The molecule has 0 spiro atoms. The summed E-state index contributed by atoms with van der Waals surface area (Å²) < 4.78 is 1.16. The minimum Gasteiger partial charge on any atom is -0.423 e. The maximum Gasteiger partial charge on any atom is 0.489 e. The van der Waals surface area contributed by atoms with Gasteiger partial charge in [-0.05, 0) is 142 Å². The van der Waals surface area contributed by atoms with Crippen LogP contribution >= 0.6 is 15.9 Å². The molecule has 0 aliphatic heterocycles. The maximum atomic E-state index is 10.2. The Balaban J connectivity index is 0.000000136. The molecule has 0 aromatic heterocycles. The summed E-state index contributed by atoms with van der Waals surface area (Å²) in [6, 6.07) is 72.5. The lowest BCUT2D eigenvalue weighted by Gasteiger charge is -2.19. The van der Waals surface area contributed by atoms with Crippen molar-refractivity contribution in [1.29, 1.82) is 0 Å². The zero-order chi connectivity index (χ0) is 40.3. The molecule has 4 heteroatoms. The monoisotopic (exact) mass is 830 g/mol. The van der Waals surface area contributed by atoms with Crippen LogP contribution in [0.1, 0.15) is 0 Å². The lowest BCUT2D eigenvalue weighted by Crippen LogP contribution is -2.31. The molecule has 0 fully saturated rings. The Kier molecular flexibility index (Phi) is 8.94. The van der Waals surface area contributed by atoms with Gasteiger partial charge in [-0.15, -0.1) is 0 Å². The lowest BCUT2D eigenvalue weighted by atomic mass is 9.72. The molecule has 0 saturated heterocycles. The zero-order valence-corrected chi connectivity index (χ0v) is 34.1. The number of hydrogen-bond donors (Lipinski definition) is 2. The second-order valence-electron chi connectivity index (χ2n) is 15.4. The van der Waals surface area contributed by atoms with Gasteiger partial charge in [0.25, 0.3) is 0 Å². The molecule has 0 aliphatic carbocycles. The Morgan fingerprint density at radius 3 is 0.917 bits per heavy atom. The minimum atomic E-state index is -1.54. The molecule has 0 atom stereocenters. The van der Waals surface area contributed by atoms with E-state index in [1.807, 2.05) is 36.4 Å². The van der Waals surface area contributed by atoms with Crippen LogP contribution < -0.4 is 5.46 Å². The van der Waals surface area contributed by atoms with E-state index in [0.717, 1.165) is 37.1 Å². The van der Waals surface area contributed by atoms with Crippen LogP contribution in [0.2, 0.25) is 0 Å². The Labute approximate surface area is 355 Å². The Bertz CT molecular complexity index is 3550. The molecule has 0 saturated carbocycles. The molecule has 12 aromatic rings. The van der Waals surface area contributed by atoms with Gasteiger partial charge in [-0.25, -0.2) is 0 Å². The highest BCUT2D eigenvalue weighted by atomic mass is 79.9. The maximum absolute atomic E-state index is 10.2. The normalized spacial score (nSPS) is 11.6. The SMILES string of the molecule is Brc1c2ccccc2c(-c2cc3ccccc3c3ccccc23)c2ccccc12.OB(O)c1c2ccccc2c(-c2cc3ccccc3c3ccccc23)c2ccccc12. The summed E-state index contributed by atoms with van der Waals surface area (Å²) >= 11 is 3.88. The molecule has 0 unspecified atom stereocenters. The van der Waals surface area contributed by atoms with Crippen LogP contribution in [0.4, 0.5) is 0 Å². The molecule has 0 radical (unpaired) electrons.